The van der Waals surface area contributed by atoms with Gasteiger partial charge in [-0.05, 0) is 24.6 Å². The van der Waals surface area contributed by atoms with Gasteiger partial charge in [0.1, 0.15) is 17.7 Å². The predicted molar refractivity (Wildman–Crippen MR) is 109 cm³/mol. The van der Waals surface area contributed by atoms with Crippen molar-refractivity contribution in [2.75, 3.05) is 31.1 Å². The van der Waals surface area contributed by atoms with Gasteiger partial charge in [-0.2, -0.15) is 0 Å². The number of amides is 2. The number of hydrogen-bond donors (Lipinski definition) is 1. The standard InChI is InChI=1S/C20H24FN5O2.ClH/c1-13-3-4-16(15(21)9-13)26-12-14(10-18(26)27)20(28)25-8-5-22-11-17(25)19-23-6-7-24(19)2;/h3-4,6-7,9,14,17,22H,5,8,10-12H2,1-2H3;1H. The van der Waals surface area contributed by atoms with Crippen LogP contribution in [0.5, 0.6) is 0 Å². The molecular formula is C20H25ClFN5O2. The lowest BCUT2D eigenvalue weighted by molar-refractivity contribution is -0.139. The van der Waals surface area contributed by atoms with E-state index in [4.69, 9.17) is 0 Å². The first-order valence-corrected chi connectivity index (χ1v) is 9.50. The van der Waals surface area contributed by atoms with Gasteiger partial charge in [-0.3, -0.25) is 9.59 Å². The van der Waals surface area contributed by atoms with Gasteiger partial charge in [-0.1, -0.05) is 6.07 Å². The first kappa shape index (κ1) is 21.3. The average molecular weight is 422 g/mol. The highest BCUT2D eigenvalue weighted by Gasteiger charge is 2.41. The summed E-state index contributed by atoms with van der Waals surface area (Å²) in [6.07, 6.45) is 3.67. The second-order valence-corrected chi connectivity index (χ2v) is 7.51. The van der Waals surface area contributed by atoms with Crippen LogP contribution in [0.25, 0.3) is 0 Å². The number of anilines is 1. The first-order chi connectivity index (χ1) is 13.5. The fourth-order valence-corrected chi connectivity index (χ4v) is 4.07. The largest absolute Gasteiger partial charge is 0.336 e. The molecule has 1 N–H and O–H groups in total. The van der Waals surface area contributed by atoms with Gasteiger partial charge in [0.2, 0.25) is 11.8 Å². The van der Waals surface area contributed by atoms with E-state index in [0.29, 0.717) is 19.6 Å². The predicted octanol–water partition coefficient (Wildman–Crippen LogP) is 1.82. The van der Waals surface area contributed by atoms with Crippen molar-refractivity contribution in [3.63, 3.8) is 0 Å². The Kier molecular flexibility index (Phi) is 6.24. The number of imidazole rings is 1. The Balaban J connectivity index is 0.00000240. The van der Waals surface area contributed by atoms with E-state index in [2.05, 4.69) is 10.3 Å². The Hall–Kier alpha value is -2.45. The monoisotopic (exact) mass is 421 g/mol. The molecule has 0 spiro atoms. The molecule has 2 fully saturated rings. The maximum Gasteiger partial charge on any atom is 0.228 e. The maximum atomic E-state index is 14.3. The fourth-order valence-electron chi connectivity index (χ4n) is 4.07. The van der Waals surface area contributed by atoms with Crippen molar-refractivity contribution < 1.29 is 14.0 Å². The number of rotatable bonds is 3. The van der Waals surface area contributed by atoms with Crippen molar-refractivity contribution in [1.82, 2.24) is 19.8 Å². The van der Waals surface area contributed by atoms with E-state index < -0.39 is 11.7 Å². The zero-order chi connectivity index (χ0) is 19.8. The molecule has 2 atom stereocenters. The molecule has 7 nitrogen and oxygen atoms in total. The Labute approximate surface area is 175 Å². The smallest absolute Gasteiger partial charge is 0.228 e. The van der Waals surface area contributed by atoms with Crippen molar-refractivity contribution in [2.45, 2.75) is 19.4 Å². The third kappa shape index (κ3) is 4.00. The SMILES string of the molecule is Cc1ccc(N2CC(C(=O)N3CCNCC3c3nccn3C)CC2=O)c(F)c1.Cl. The second-order valence-electron chi connectivity index (χ2n) is 7.51. The Bertz CT molecular complexity index is 918. The van der Waals surface area contributed by atoms with Crippen LogP contribution in [-0.4, -0.2) is 52.4 Å². The van der Waals surface area contributed by atoms with Crippen LogP contribution in [0.2, 0.25) is 0 Å². The van der Waals surface area contributed by atoms with Crippen LogP contribution < -0.4 is 10.2 Å². The number of benzene rings is 1. The Morgan fingerprint density at radius 2 is 2.14 bits per heavy atom. The molecule has 4 rings (SSSR count). The van der Waals surface area contributed by atoms with Gasteiger partial charge in [0.25, 0.3) is 0 Å². The third-order valence-corrected chi connectivity index (χ3v) is 5.55. The number of aryl methyl sites for hydroxylation is 2. The summed E-state index contributed by atoms with van der Waals surface area (Å²) in [7, 11) is 1.90. The molecule has 2 aliphatic rings. The Morgan fingerprint density at radius 3 is 2.83 bits per heavy atom. The molecule has 0 saturated carbocycles. The molecule has 2 unspecified atom stereocenters. The Morgan fingerprint density at radius 1 is 1.34 bits per heavy atom. The molecule has 29 heavy (non-hydrogen) atoms. The normalized spacial score (nSPS) is 22.0. The average Bonchev–Trinajstić information content (AvgIpc) is 3.27. The van der Waals surface area contributed by atoms with Crippen LogP contribution in [0.3, 0.4) is 0 Å². The lowest BCUT2D eigenvalue weighted by atomic mass is 10.0. The molecule has 0 aliphatic carbocycles. The van der Waals surface area contributed by atoms with Gasteiger partial charge < -0.3 is 19.7 Å². The molecule has 2 aliphatic heterocycles. The molecule has 0 bridgehead atoms. The zero-order valence-corrected chi connectivity index (χ0v) is 17.3. The van der Waals surface area contributed by atoms with Crippen molar-refractivity contribution in [2.24, 2.45) is 13.0 Å². The minimum atomic E-state index is -0.478. The molecule has 3 heterocycles. The lowest BCUT2D eigenvalue weighted by Gasteiger charge is -2.37. The van der Waals surface area contributed by atoms with Crippen LogP contribution in [0.4, 0.5) is 10.1 Å². The van der Waals surface area contributed by atoms with Gasteiger partial charge >= 0.3 is 0 Å². The van der Waals surface area contributed by atoms with Crippen molar-refractivity contribution in [3.8, 4) is 0 Å². The summed E-state index contributed by atoms with van der Waals surface area (Å²) in [6.45, 7) is 3.87. The number of carbonyl (C=O) groups is 2. The minimum Gasteiger partial charge on any atom is -0.336 e. The van der Waals surface area contributed by atoms with Crippen LogP contribution in [0.1, 0.15) is 23.9 Å². The number of nitrogens with zero attached hydrogens (tertiary/aromatic N) is 4. The van der Waals surface area contributed by atoms with Crippen molar-refractivity contribution in [1.29, 1.82) is 0 Å². The highest BCUT2D eigenvalue weighted by atomic mass is 35.5. The summed E-state index contributed by atoms with van der Waals surface area (Å²) in [5.74, 6) is -0.391. The van der Waals surface area contributed by atoms with Crippen molar-refractivity contribution >= 4 is 29.9 Å². The molecule has 2 saturated heterocycles. The first-order valence-electron chi connectivity index (χ1n) is 9.50. The zero-order valence-electron chi connectivity index (χ0n) is 16.5. The van der Waals surface area contributed by atoms with E-state index in [9.17, 15) is 14.0 Å². The fraction of sp³-hybridized carbons (Fsp3) is 0.450. The molecule has 0 radical (unpaired) electrons. The van der Waals surface area contributed by atoms with Crippen LogP contribution in [0.15, 0.2) is 30.6 Å². The number of piperazine rings is 1. The number of hydrogen-bond acceptors (Lipinski definition) is 4. The van der Waals surface area contributed by atoms with E-state index in [1.54, 1.807) is 25.3 Å². The van der Waals surface area contributed by atoms with Crippen LogP contribution >= 0.6 is 12.4 Å². The molecule has 2 aromatic rings. The van der Waals surface area contributed by atoms with Gasteiger partial charge in [-0.15, -0.1) is 12.4 Å². The summed E-state index contributed by atoms with van der Waals surface area (Å²) >= 11 is 0. The van der Waals surface area contributed by atoms with Crippen molar-refractivity contribution in [3.05, 3.63) is 47.8 Å². The van der Waals surface area contributed by atoms with E-state index in [-0.39, 0.29) is 48.9 Å². The van der Waals surface area contributed by atoms with Gasteiger partial charge in [0.15, 0.2) is 0 Å². The molecular weight excluding hydrogens is 397 g/mol. The summed E-state index contributed by atoms with van der Waals surface area (Å²) in [5.41, 5.74) is 1.03. The summed E-state index contributed by atoms with van der Waals surface area (Å²) < 4.78 is 16.3. The van der Waals surface area contributed by atoms with Crippen LogP contribution in [-0.2, 0) is 16.6 Å². The second kappa shape index (κ2) is 8.51. The highest BCUT2D eigenvalue weighted by molar-refractivity contribution is 6.00. The quantitative estimate of drug-likeness (QED) is 0.820. The molecule has 2 amide bonds. The topological polar surface area (TPSA) is 70.5 Å². The molecule has 9 heteroatoms. The summed E-state index contributed by atoms with van der Waals surface area (Å²) in [5, 5.41) is 3.31. The number of carbonyl (C=O) groups excluding carboxylic acids is 2. The molecule has 1 aromatic carbocycles. The summed E-state index contributed by atoms with van der Waals surface area (Å²) in [4.78, 5) is 33.4. The van der Waals surface area contributed by atoms with E-state index >= 15 is 0 Å². The number of aromatic nitrogens is 2. The van der Waals surface area contributed by atoms with Gasteiger partial charge in [0.05, 0.1) is 11.6 Å². The minimum absolute atomic E-state index is 0. The number of halogens is 2. The third-order valence-electron chi connectivity index (χ3n) is 5.55. The van der Waals surface area contributed by atoms with E-state index in [0.717, 1.165) is 11.4 Å². The molecule has 156 valence electrons. The maximum absolute atomic E-state index is 14.3. The summed E-state index contributed by atoms with van der Waals surface area (Å²) in [6, 6.07) is 4.61. The highest BCUT2D eigenvalue weighted by Crippen LogP contribution is 2.31. The van der Waals surface area contributed by atoms with Gasteiger partial charge in [-0.25, -0.2) is 9.37 Å². The number of nitrogens with one attached hydrogen (secondary N) is 1. The van der Waals surface area contributed by atoms with E-state index in [1.807, 2.05) is 22.7 Å². The van der Waals surface area contributed by atoms with Crippen LogP contribution in [0, 0.1) is 18.7 Å². The lowest BCUT2D eigenvalue weighted by Crippen LogP contribution is -2.51. The van der Waals surface area contributed by atoms with E-state index in [1.165, 1.54) is 11.0 Å². The van der Waals surface area contributed by atoms with Gasteiger partial charge in [0, 0.05) is 52.0 Å². The molecule has 1 aromatic heterocycles.